The average molecular weight is 329 g/mol. The molecule has 132 valence electrons. The highest BCUT2D eigenvalue weighted by Crippen LogP contribution is 2.27. The molecule has 1 aliphatic carbocycles. The second kappa shape index (κ2) is 8.52. The molecule has 4 heteroatoms. The highest BCUT2D eigenvalue weighted by molar-refractivity contribution is 5.93. The van der Waals surface area contributed by atoms with Crippen LogP contribution in [0.4, 0.5) is 5.69 Å². The van der Waals surface area contributed by atoms with Crippen LogP contribution in [-0.2, 0) is 12.8 Å². The van der Waals surface area contributed by atoms with Crippen molar-refractivity contribution in [3.05, 3.63) is 29.3 Å². The minimum absolute atomic E-state index is 0.569. The summed E-state index contributed by atoms with van der Waals surface area (Å²) in [5, 5.41) is 3.34. The fourth-order valence-corrected chi connectivity index (χ4v) is 4.03. The maximum Gasteiger partial charge on any atom is 0.193 e. The maximum atomic E-state index is 6.13. The summed E-state index contributed by atoms with van der Waals surface area (Å²) in [5.74, 6) is 1.38. The number of piperidine rings is 1. The van der Waals surface area contributed by atoms with Crippen LogP contribution in [0.3, 0.4) is 0 Å². The Kier molecular flexibility index (Phi) is 6.13. The molecule has 0 amide bonds. The first-order valence-corrected chi connectivity index (χ1v) is 9.66. The van der Waals surface area contributed by atoms with Gasteiger partial charge in [0, 0.05) is 12.2 Å². The number of guanidine groups is 1. The molecular weight excluding hydrogens is 296 g/mol. The summed E-state index contributed by atoms with van der Waals surface area (Å²) in [6.07, 6.45) is 8.70. The van der Waals surface area contributed by atoms with E-state index in [0.29, 0.717) is 5.96 Å². The molecule has 1 heterocycles. The molecular formula is C20H32N4. The highest BCUT2D eigenvalue weighted by atomic mass is 15.1. The molecule has 24 heavy (non-hydrogen) atoms. The fourth-order valence-electron chi connectivity index (χ4n) is 4.03. The SMILES string of the molecule is CCN1CCC(CCN=C(N)Nc2cccc3c2CCCC3)CC1. The second-order valence-corrected chi connectivity index (χ2v) is 7.21. The van der Waals surface area contributed by atoms with Crippen LogP contribution in [0.1, 0.15) is 50.2 Å². The van der Waals surface area contributed by atoms with Gasteiger partial charge in [0.25, 0.3) is 0 Å². The van der Waals surface area contributed by atoms with Crippen molar-refractivity contribution in [3.8, 4) is 0 Å². The van der Waals surface area contributed by atoms with Crippen molar-refractivity contribution < 1.29 is 0 Å². The van der Waals surface area contributed by atoms with Gasteiger partial charge in [0.05, 0.1) is 0 Å². The Morgan fingerprint density at radius 1 is 1.25 bits per heavy atom. The van der Waals surface area contributed by atoms with Gasteiger partial charge >= 0.3 is 0 Å². The van der Waals surface area contributed by atoms with Crippen LogP contribution in [0.15, 0.2) is 23.2 Å². The van der Waals surface area contributed by atoms with E-state index in [2.05, 4.69) is 40.3 Å². The summed E-state index contributed by atoms with van der Waals surface area (Å²) in [6.45, 7) is 6.76. The molecule has 2 aliphatic rings. The number of aryl methyl sites for hydroxylation is 1. The van der Waals surface area contributed by atoms with E-state index < -0.39 is 0 Å². The molecule has 0 radical (unpaired) electrons. The molecule has 0 bridgehead atoms. The van der Waals surface area contributed by atoms with Crippen LogP contribution in [0.25, 0.3) is 0 Å². The molecule has 0 atom stereocenters. The van der Waals surface area contributed by atoms with E-state index in [-0.39, 0.29) is 0 Å². The number of hydrogen-bond acceptors (Lipinski definition) is 2. The van der Waals surface area contributed by atoms with E-state index in [0.717, 1.165) is 31.0 Å². The van der Waals surface area contributed by atoms with E-state index in [1.54, 1.807) is 0 Å². The molecule has 0 aromatic heterocycles. The Balaban J connectivity index is 1.49. The predicted octanol–water partition coefficient (Wildman–Crippen LogP) is 3.41. The number of nitrogens with zero attached hydrogens (tertiary/aromatic N) is 2. The van der Waals surface area contributed by atoms with Crippen LogP contribution in [0.5, 0.6) is 0 Å². The van der Waals surface area contributed by atoms with Crippen LogP contribution >= 0.6 is 0 Å². The first kappa shape index (κ1) is 17.3. The smallest absolute Gasteiger partial charge is 0.193 e. The van der Waals surface area contributed by atoms with Gasteiger partial charge < -0.3 is 16.0 Å². The van der Waals surface area contributed by atoms with Crippen molar-refractivity contribution >= 4 is 11.6 Å². The van der Waals surface area contributed by atoms with Crippen LogP contribution in [0, 0.1) is 5.92 Å². The number of benzene rings is 1. The molecule has 1 saturated heterocycles. The largest absolute Gasteiger partial charge is 0.370 e. The van der Waals surface area contributed by atoms with Crippen LogP contribution in [-0.4, -0.2) is 37.0 Å². The Morgan fingerprint density at radius 2 is 2.04 bits per heavy atom. The quantitative estimate of drug-likeness (QED) is 0.643. The van der Waals surface area contributed by atoms with Gasteiger partial charge in [-0.2, -0.15) is 0 Å². The van der Waals surface area contributed by atoms with Crippen LogP contribution < -0.4 is 11.1 Å². The Labute approximate surface area is 146 Å². The predicted molar refractivity (Wildman–Crippen MR) is 103 cm³/mol. The third kappa shape index (κ3) is 4.50. The molecule has 1 aromatic rings. The van der Waals surface area contributed by atoms with Crippen molar-refractivity contribution in [2.24, 2.45) is 16.6 Å². The normalized spacial score (nSPS) is 20.0. The molecule has 1 aromatic carbocycles. The van der Waals surface area contributed by atoms with E-state index in [1.165, 1.54) is 62.9 Å². The standard InChI is InChI=1S/C20H32N4/c1-2-24-14-11-16(12-15-24)10-13-22-20(21)23-19-9-5-7-17-6-3-4-8-18(17)19/h5,7,9,16H,2-4,6,8,10-15H2,1H3,(H3,21,22,23). The first-order valence-electron chi connectivity index (χ1n) is 9.66. The van der Waals surface area contributed by atoms with Crippen molar-refractivity contribution in [3.63, 3.8) is 0 Å². The van der Waals surface area contributed by atoms with Gasteiger partial charge in [0.15, 0.2) is 5.96 Å². The van der Waals surface area contributed by atoms with Crippen LogP contribution in [0.2, 0.25) is 0 Å². The third-order valence-corrected chi connectivity index (χ3v) is 5.63. The number of nitrogens with two attached hydrogens (primary N) is 1. The Bertz CT molecular complexity index is 559. The molecule has 1 aliphatic heterocycles. The van der Waals surface area contributed by atoms with E-state index in [4.69, 9.17) is 5.73 Å². The van der Waals surface area contributed by atoms with Gasteiger partial charge in [-0.05, 0) is 87.7 Å². The molecule has 0 spiro atoms. The summed E-state index contributed by atoms with van der Waals surface area (Å²) >= 11 is 0. The number of hydrogen-bond donors (Lipinski definition) is 2. The monoisotopic (exact) mass is 328 g/mol. The minimum atomic E-state index is 0.569. The fraction of sp³-hybridized carbons (Fsp3) is 0.650. The summed E-state index contributed by atoms with van der Waals surface area (Å²) < 4.78 is 0. The first-order chi connectivity index (χ1) is 11.8. The lowest BCUT2D eigenvalue weighted by Gasteiger charge is -2.30. The van der Waals surface area contributed by atoms with Crippen molar-refractivity contribution in [1.29, 1.82) is 0 Å². The molecule has 3 rings (SSSR count). The van der Waals surface area contributed by atoms with Gasteiger partial charge in [-0.3, -0.25) is 4.99 Å². The summed E-state index contributed by atoms with van der Waals surface area (Å²) in [7, 11) is 0. The van der Waals surface area contributed by atoms with Crippen molar-refractivity contribution in [2.45, 2.75) is 51.9 Å². The van der Waals surface area contributed by atoms with Gasteiger partial charge in [-0.25, -0.2) is 0 Å². The zero-order chi connectivity index (χ0) is 16.8. The van der Waals surface area contributed by atoms with Gasteiger partial charge in [0.1, 0.15) is 0 Å². The lowest BCUT2D eigenvalue weighted by Crippen LogP contribution is -2.33. The zero-order valence-electron chi connectivity index (χ0n) is 15.1. The number of fused-ring (bicyclic) bond motifs is 1. The van der Waals surface area contributed by atoms with Gasteiger partial charge in [0.2, 0.25) is 0 Å². The van der Waals surface area contributed by atoms with Crippen molar-refractivity contribution in [1.82, 2.24) is 4.90 Å². The number of likely N-dealkylation sites (tertiary alicyclic amines) is 1. The topological polar surface area (TPSA) is 53.6 Å². The number of nitrogens with one attached hydrogen (secondary N) is 1. The minimum Gasteiger partial charge on any atom is -0.370 e. The van der Waals surface area contributed by atoms with Gasteiger partial charge in [-0.1, -0.05) is 19.1 Å². The number of aliphatic imine (C=N–C) groups is 1. The van der Waals surface area contributed by atoms with Gasteiger partial charge in [-0.15, -0.1) is 0 Å². The second-order valence-electron chi connectivity index (χ2n) is 7.21. The third-order valence-electron chi connectivity index (χ3n) is 5.63. The average Bonchev–Trinajstić information content (AvgIpc) is 2.63. The number of rotatable bonds is 5. The lowest BCUT2D eigenvalue weighted by atomic mass is 9.90. The lowest BCUT2D eigenvalue weighted by molar-refractivity contribution is 0.188. The Morgan fingerprint density at radius 3 is 2.83 bits per heavy atom. The summed E-state index contributed by atoms with van der Waals surface area (Å²) in [4.78, 5) is 7.11. The Hall–Kier alpha value is -1.55. The van der Waals surface area contributed by atoms with Crippen molar-refractivity contribution in [2.75, 3.05) is 31.5 Å². The number of anilines is 1. The van der Waals surface area contributed by atoms with E-state index in [1.807, 2.05) is 0 Å². The summed E-state index contributed by atoms with van der Waals surface area (Å²) in [5.41, 5.74) is 10.2. The molecule has 1 fully saturated rings. The molecule has 0 unspecified atom stereocenters. The summed E-state index contributed by atoms with van der Waals surface area (Å²) in [6, 6.07) is 6.50. The molecule has 3 N–H and O–H groups in total. The molecule has 0 saturated carbocycles. The molecule has 4 nitrogen and oxygen atoms in total. The van der Waals surface area contributed by atoms with E-state index in [9.17, 15) is 0 Å². The highest BCUT2D eigenvalue weighted by Gasteiger charge is 2.17. The van der Waals surface area contributed by atoms with E-state index >= 15 is 0 Å². The zero-order valence-corrected chi connectivity index (χ0v) is 15.1. The maximum absolute atomic E-state index is 6.13.